The average molecular weight is 571 g/mol. The fraction of sp³-hybridized carbons (Fsp3) is 0.542. The first-order valence-corrected chi connectivity index (χ1v) is 13.6. The maximum atomic E-state index is 16.0. The molecule has 2 heterocycles. The Bertz CT molecular complexity index is 1410. The highest BCUT2D eigenvalue weighted by molar-refractivity contribution is 7.52. The molecule has 2 fully saturated rings. The van der Waals surface area contributed by atoms with Gasteiger partial charge in [-0.05, 0) is 31.4 Å². The molecule has 1 aromatic heterocycles. The van der Waals surface area contributed by atoms with Gasteiger partial charge in [0.05, 0.1) is 6.61 Å². The second kappa shape index (κ2) is 9.65. The number of aromatic amines is 1. The van der Waals surface area contributed by atoms with Crippen molar-refractivity contribution in [2.45, 2.75) is 70.0 Å². The van der Waals surface area contributed by atoms with Gasteiger partial charge in [0, 0.05) is 12.3 Å². The Morgan fingerprint density at radius 2 is 1.90 bits per heavy atom. The van der Waals surface area contributed by atoms with Crippen LogP contribution in [0.2, 0.25) is 0 Å². The molecule has 1 aliphatic carbocycles. The molecule has 7 atom stereocenters. The van der Waals surface area contributed by atoms with E-state index < -0.39 is 60.4 Å². The molecule has 2 aliphatic rings. The number of aliphatic hydroxyl groups is 2. The summed E-state index contributed by atoms with van der Waals surface area (Å²) in [5.74, 6) is -3.92. The van der Waals surface area contributed by atoms with Crippen molar-refractivity contribution in [2.24, 2.45) is 5.41 Å². The SMILES string of the molecule is CC(NP(=O)(Oc1ccccc1)OC1[C@]2(O)[C@@](C)(O)[C@H](n3ccc(=O)[nH]c3=O)O[C@]12F)C(=O)OCC(C)(C)C. The zero-order valence-corrected chi connectivity index (χ0v) is 22.8. The first-order chi connectivity index (χ1) is 17.9. The molecule has 1 aliphatic heterocycles. The molecule has 39 heavy (non-hydrogen) atoms. The monoisotopic (exact) mass is 571 g/mol. The van der Waals surface area contributed by atoms with E-state index in [1.807, 2.05) is 25.8 Å². The number of benzene rings is 1. The number of ether oxygens (including phenoxy) is 2. The van der Waals surface area contributed by atoms with Crippen molar-refractivity contribution >= 4 is 13.7 Å². The Labute approximate surface area is 222 Å². The molecule has 2 aromatic rings. The zero-order chi connectivity index (χ0) is 29.0. The Morgan fingerprint density at radius 1 is 1.26 bits per heavy atom. The van der Waals surface area contributed by atoms with Crippen molar-refractivity contribution in [3.63, 3.8) is 0 Å². The second-order valence-electron chi connectivity index (χ2n) is 11.0. The summed E-state index contributed by atoms with van der Waals surface area (Å²) in [6, 6.07) is 7.33. The van der Waals surface area contributed by atoms with Gasteiger partial charge in [0.2, 0.25) is 0 Å². The molecule has 13 nitrogen and oxygen atoms in total. The summed E-state index contributed by atoms with van der Waals surface area (Å²) < 4.78 is 51.9. The molecule has 4 N–H and O–H groups in total. The van der Waals surface area contributed by atoms with Crippen molar-refractivity contribution in [1.29, 1.82) is 0 Å². The highest BCUT2D eigenvalue weighted by atomic mass is 31.2. The quantitative estimate of drug-likeness (QED) is 0.252. The smallest absolute Gasteiger partial charge is 0.460 e. The van der Waals surface area contributed by atoms with Gasteiger partial charge in [-0.25, -0.2) is 13.8 Å². The lowest BCUT2D eigenvalue weighted by Crippen LogP contribution is -2.51. The minimum absolute atomic E-state index is 0.0275. The molecule has 4 rings (SSSR count). The van der Waals surface area contributed by atoms with Crippen LogP contribution in [0.1, 0.15) is 40.8 Å². The lowest BCUT2D eigenvalue weighted by Gasteiger charge is -2.33. The molecule has 1 aromatic carbocycles. The number of carbonyl (C=O) groups excluding carboxylic acids is 1. The van der Waals surface area contributed by atoms with E-state index in [4.69, 9.17) is 18.5 Å². The molecule has 0 radical (unpaired) electrons. The van der Waals surface area contributed by atoms with Gasteiger partial charge in [0.15, 0.2) is 17.9 Å². The van der Waals surface area contributed by atoms with Gasteiger partial charge in [0.1, 0.15) is 17.4 Å². The predicted molar refractivity (Wildman–Crippen MR) is 133 cm³/mol. The maximum Gasteiger partial charge on any atom is 0.460 e. The molecule has 3 unspecified atom stereocenters. The summed E-state index contributed by atoms with van der Waals surface area (Å²) in [6.07, 6.45) is -2.90. The van der Waals surface area contributed by atoms with Crippen molar-refractivity contribution in [2.75, 3.05) is 6.61 Å². The van der Waals surface area contributed by atoms with E-state index in [-0.39, 0.29) is 17.8 Å². The van der Waals surface area contributed by atoms with Crippen LogP contribution < -0.4 is 20.9 Å². The van der Waals surface area contributed by atoms with Crippen LogP contribution in [0.4, 0.5) is 4.39 Å². The van der Waals surface area contributed by atoms with E-state index >= 15 is 4.39 Å². The molecule has 0 spiro atoms. The Kier molecular flexibility index (Phi) is 7.20. The molecule has 1 saturated heterocycles. The number of hydrogen-bond acceptors (Lipinski definition) is 10. The number of rotatable bonds is 9. The number of nitrogens with zero attached hydrogens (tertiary/aromatic N) is 1. The van der Waals surface area contributed by atoms with Gasteiger partial charge < -0.3 is 24.2 Å². The van der Waals surface area contributed by atoms with E-state index in [1.54, 1.807) is 18.2 Å². The van der Waals surface area contributed by atoms with Crippen molar-refractivity contribution < 1.29 is 42.5 Å². The predicted octanol–water partition coefficient (Wildman–Crippen LogP) is 1.37. The first kappa shape index (κ1) is 29.1. The highest BCUT2D eigenvalue weighted by Gasteiger charge is 2.95. The standard InChI is InChI=1S/C24H31FN3O10P/c1-14(17(30)35-13-21(2,3)4)27-39(34,37-15-9-7-6-8-10-15)38-18-23(33)22(5,32)19(36-24(18,23)25)28-12-11-16(29)26-20(28)31/h6-12,14,18-19,32-33H,13H2,1-5H3,(H,27,34)(H,26,29,31)/t14?,18?,19-,22+,23+,24-,39?/m1/s1. The van der Waals surface area contributed by atoms with Gasteiger partial charge in [-0.1, -0.05) is 39.0 Å². The van der Waals surface area contributed by atoms with Crippen LogP contribution in [0.15, 0.2) is 52.2 Å². The van der Waals surface area contributed by atoms with Crippen LogP contribution in [0.25, 0.3) is 0 Å². The lowest BCUT2D eigenvalue weighted by atomic mass is 9.95. The number of para-hydroxylation sites is 1. The number of carbonyl (C=O) groups is 1. The van der Waals surface area contributed by atoms with Crippen molar-refractivity contribution in [3.8, 4) is 5.75 Å². The average Bonchev–Trinajstić information content (AvgIpc) is 3.23. The van der Waals surface area contributed by atoms with Crippen LogP contribution in [-0.4, -0.2) is 61.5 Å². The van der Waals surface area contributed by atoms with Gasteiger partial charge in [-0.15, -0.1) is 0 Å². The van der Waals surface area contributed by atoms with E-state index in [9.17, 15) is 29.2 Å². The topological polar surface area (TPSA) is 178 Å². The highest BCUT2D eigenvalue weighted by Crippen LogP contribution is 2.71. The second-order valence-corrected chi connectivity index (χ2v) is 12.6. The minimum atomic E-state index is -4.67. The van der Waals surface area contributed by atoms with Gasteiger partial charge >= 0.3 is 19.4 Å². The minimum Gasteiger partial charge on any atom is -0.464 e. The van der Waals surface area contributed by atoms with Crippen LogP contribution in [0.5, 0.6) is 5.75 Å². The number of hydrogen-bond donors (Lipinski definition) is 4. The van der Waals surface area contributed by atoms with Gasteiger partial charge in [-0.2, -0.15) is 5.09 Å². The Hall–Kier alpha value is -2.87. The largest absolute Gasteiger partial charge is 0.464 e. The third-order valence-corrected chi connectivity index (χ3v) is 8.00. The molecule has 0 bridgehead atoms. The van der Waals surface area contributed by atoms with Gasteiger partial charge in [-0.3, -0.25) is 23.7 Å². The summed E-state index contributed by atoms with van der Waals surface area (Å²) in [6.45, 7) is 7.91. The lowest BCUT2D eigenvalue weighted by molar-refractivity contribution is -0.180. The maximum absolute atomic E-state index is 16.0. The number of alkyl halides is 1. The normalized spacial score (nSPS) is 32.1. The molecule has 214 valence electrons. The zero-order valence-electron chi connectivity index (χ0n) is 21.9. The first-order valence-electron chi connectivity index (χ1n) is 12.0. The Balaban J connectivity index is 1.59. The van der Waals surface area contributed by atoms with Crippen LogP contribution in [0.3, 0.4) is 0 Å². The number of nitrogens with one attached hydrogen (secondary N) is 2. The number of aromatic nitrogens is 2. The van der Waals surface area contributed by atoms with E-state index in [0.717, 1.165) is 19.2 Å². The number of esters is 1. The van der Waals surface area contributed by atoms with Crippen molar-refractivity contribution in [1.82, 2.24) is 14.6 Å². The fourth-order valence-electron chi connectivity index (χ4n) is 4.22. The summed E-state index contributed by atoms with van der Waals surface area (Å²) in [7, 11) is -4.67. The summed E-state index contributed by atoms with van der Waals surface area (Å²) in [4.78, 5) is 38.1. The van der Waals surface area contributed by atoms with Crippen LogP contribution >= 0.6 is 7.75 Å². The third kappa shape index (κ3) is 5.20. The number of halogens is 1. The molecule has 1 saturated carbocycles. The van der Waals surface area contributed by atoms with Crippen LogP contribution in [-0.2, 0) is 23.4 Å². The molecular weight excluding hydrogens is 540 g/mol. The summed E-state index contributed by atoms with van der Waals surface area (Å²) in [5.41, 5.74) is -7.47. The number of fused-ring (bicyclic) bond motifs is 1. The molecule has 15 heteroatoms. The molecular formula is C24H31FN3O10P. The summed E-state index contributed by atoms with van der Waals surface area (Å²) >= 11 is 0. The van der Waals surface area contributed by atoms with Crippen LogP contribution in [0, 0.1) is 5.41 Å². The fourth-order valence-corrected chi connectivity index (χ4v) is 5.92. The van der Waals surface area contributed by atoms with Gasteiger partial charge in [0.25, 0.3) is 11.4 Å². The summed E-state index contributed by atoms with van der Waals surface area (Å²) in [5, 5.41) is 24.7. The van der Waals surface area contributed by atoms with E-state index in [2.05, 4.69) is 5.09 Å². The van der Waals surface area contributed by atoms with E-state index in [0.29, 0.717) is 4.57 Å². The third-order valence-electron chi connectivity index (χ3n) is 6.36. The number of H-pyrrole nitrogens is 1. The molecule has 0 amide bonds. The van der Waals surface area contributed by atoms with Crippen molar-refractivity contribution in [3.05, 3.63) is 63.4 Å². The van der Waals surface area contributed by atoms with E-state index in [1.165, 1.54) is 19.1 Å². The Morgan fingerprint density at radius 3 is 2.44 bits per heavy atom.